The molecule has 7 nitrogen and oxygen atoms in total. The maximum Gasteiger partial charge on any atom is 0.291 e. The predicted octanol–water partition coefficient (Wildman–Crippen LogP) is -0.770. The third kappa shape index (κ3) is 2.24. The molecule has 15 heavy (non-hydrogen) atoms. The number of hydrogen-bond donors (Lipinski definition) is 3. The highest BCUT2D eigenvalue weighted by Crippen LogP contribution is 2.13. The molecule has 0 saturated heterocycles. The molecule has 4 N–H and O–H groups in total. The van der Waals surface area contributed by atoms with E-state index in [1.165, 1.54) is 4.90 Å². The molecule has 0 atom stereocenters. The number of nitrogens with two attached hydrogens (primary N) is 1. The van der Waals surface area contributed by atoms with Crippen LogP contribution in [0.1, 0.15) is 24.5 Å². The Morgan fingerprint density at radius 3 is 2.67 bits per heavy atom. The van der Waals surface area contributed by atoms with Crippen LogP contribution < -0.4 is 5.73 Å². The van der Waals surface area contributed by atoms with Crippen LogP contribution in [0.25, 0.3) is 0 Å². The van der Waals surface area contributed by atoms with Crippen molar-refractivity contribution in [1.82, 2.24) is 20.1 Å². The number of aliphatic hydroxyl groups is 1. The lowest BCUT2D eigenvalue weighted by Crippen LogP contribution is -2.48. The van der Waals surface area contributed by atoms with Crippen LogP contribution in [0.4, 0.5) is 5.95 Å². The van der Waals surface area contributed by atoms with Crippen LogP contribution in [0.2, 0.25) is 0 Å². The molecule has 0 aliphatic heterocycles. The van der Waals surface area contributed by atoms with E-state index in [0.717, 1.165) is 0 Å². The van der Waals surface area contributed by atoms with Crippen molar-refractivity contribution >= 4 is 11.9 Å². The summed E-state index contributed by atoms with van der Waals surface area (Å²) < 4.78 is 0. The monoisotopic (exact) mass is 213 g/mol. The van der Waals surface area contributed by atoms with Crippen molar-refractivity contribution < 1.29 is 9.90 Å². The van der Waals surface area contributed by atoms with Crippen molar-refractivity contribution in [1.29, 1.82) is 0 Å². The molecule has 1 aromatic rings. The number of aromatic nitrogens is 3. The highest BCUT2D eigenvalue weighted by Gasteiger charge is 2.29. The first-order valence-electron chi connectivity index (χ1n) is 4.45. The maximum atomic E-state index is 11.8. The van der Waals surface area contributed by atoms with E-state index in [0.29, 0.717) is 0 Å². The van der Waals surface area contributed by atoms with E-state index in [1.54, 1.807) is 20.9 Å². The highest BCUT2D eigenvalue weighted by atomic mass is 16.3. The molecule has 0 fully saturated rings. The van der Waals surface area contributed by atoms with Gasteiger partial charge in [-0.05, 0) is 13.8 Å². The van der Waals surface area contributed by atoms with Crippen LogP contribution in [0.15, 0.2) is 0 Å². The zero-order valence-electron chi connectivity index (χ0n) is 8.98. The SMILES string of the molecule is CN(C(=O)c1nc(N)n[nH]1)C(C)(C)CO. The van der Waals surface area contributed by atoms with E-state index >= 15 is 0 Å². The quantitative estimate of drug-likeness (QED) is 0.611. The van der Waals surface area contributed by atoms with Crippen molar-refractivity contribution in [2.75, 3.05) is 19.4 Å². The lowest BCUT2D eigenvalue weighted by molar-refractivity contribution is 0.0462. The van der Waals surface area contributed by atoms with Gasteiger partial charge in [-0.25, -0.2) is 0 Å². The van der Waals surface area contributed by atoms with Crippen LogP contribution in [-0.2, 0) is 0 Å². The molecule has 0 aliphatic carbocycles. The number of rotatable bonds is 3. The fourth-order valence-corrected chi connectivity index (χ4v) is 0.910. The summed E-state index contributed by atoms with van der Waals surface area (Å²) in [7, 11) is 1.58. The molecule has 0 saturated carbocycles. The molecule has 0 spiro atoms. The van der Waals surface area contributed by atoms with Crippen LogP contribution in [0, 0.1) is 0 Å². The summed E-state index contributed by atoms with van der Waals surface area (Å²) in [6.45, 7) is 3.34. The minimum absolute atomic E-state index is 0.0218. The molecular formula is C8H15N5O2. The molecule has 1 amide bonds. The van der Waals surface area contributed by atoms with Crippen LogP contribution in [0.5, 0.6) is 0 Å². The van der Waals surface area contributed by atoms with E-state index in [1.807, 2.05) is 0 Å². The van der Waals surface area contributed by atoms with E-state index in [-0.39, 0.29) is 24.3 Å². The van der Waals surface area contributed by atoms with Gasteiger partial charge in [-0.1, -0.05) is 0 Å². The van der Waals surface area contributed by atoms with Crippen molar-refractivity contribution in [3.8, 4) is 0 Å². The molecule has 0 aromatic carbocycles. The Kier molecular flexibility index (Phi) is 2.94. The lowest BCUT2D eigenvalue weighted by atomic mass is 10.1. The van der Waals surface area contributed by atoms with Crippen LogP contribution >= 0.6 is 0 Å². The predicted molar refractivity (Wildman–Crippen MR) is 54.1 cm³/mol. The zero-order chi connectivity index (χ0) is 11.6. The summed E-state index contributed by atoms with van der Waals surface area (Å²) in [5, 5.41) is 15.1. The molecular weight excluding hydrogens is 198 g/mol. The number of amides is 1. The summed E-state index contributed by atoms with van der Waals surface area (Å²) in [5.41, 5.74) is 4.63. The first-order chi connectivity index (χ1) is 6.88. The Bertz CT molecular complexity index is 360. The van der Waals surface area contributed by atoms with Crippen LogP contribution in [-0.4, -0.2) is 50.3 Å². The van der Waals surface area contributed by atoms with Crippen molar-refractivity contribution in [2.24, 2.45) is 0 Å². The number of hydrogen-bond acceptors (Lipinski definition) is 5. The second kappa shape index (κ2) is 3.85. The second-order valence-electron chi connectivity index (χ2n) is 3.88. The van der Waals surface area contributed by atoms with Crippen molar-refractivity contribution in [2.45, 2.75) is 19.4 Å². The molecule has 1 aromatic heterocycles. The molecule has 0 unspecified atom stereocenters. The maximum absolute atomic E-state index is 11.8. The topological polar surface area (TPSA) is 108 Å². The van der Waals surface area contributed by atoms with E-state index < -0.39 is 5.54 Å². The van der Waals surface area contributed by atoms with Gasteiger partial charge in [-0.2, -0.15) is 4.98 Å². The molecule has 7 heteroatoms. The van der Waals surface area contributed by atoms with Gasteiger partial charge in [-0.3, -0.25) is 9.89 Å². The number of nitrogen functional groups attached to an aromatic ring is 1. The number of nitrogens with one attached hydrogen (secondary N) is 1. The van der Waals surface area contributed by atoms with E-state index in [4.69, 9.17) is 10.8 Å². The first-order valence-corrected chi connectivity index (χ1v) is 4.45. The Morgan fingerprint density at radius 2 is 2.27 bits per heavy atom. The van der Waals surface area contributed by atoms with E-state index in [2.05, 4.69) is 15.2 Å². The summed E-state index contributed by atoms with van der Waals surface area (Å²) in [6.07, 6.45) is 0. The summed E-state index contributed by atoms with van der Waals surface area (Å²) in [5.74, 6) is -0.275. The second-order valence-corrected chi connectivity index (χ2v) is 3.88. The van der Waals surface area contributed by atoms with Crippen molar-refractivity contribution in [3.63, 3.8) is 0 Å². The third-order valence-electron chi connectivity index (χ3n) is 2.30. The van der Waals surface area contributed by atoms with Gasteiger partial charge in [-0.15, -0.1) is 5.10 Å². The first kappa shape index (κ1) is 11.4. The van der Waals surface area contributed by atoms with Gasteiger partial charge < -0.3 is 15.7 Å². The average Bonchev–Trinajstić information content (AvgIpc) is 2.62. The number of H-pyrrole nitrogens is 1. The fraction of sp³-hybridized carbons (Fsp3) is 0.625. The summed E-state index contributed by atoms with van der Waals surface area (Å²) in [6, 6.07) is 0. The Labute approximate surface area is 87.3 Å². The van der Waals surface area contributed by atoms with Gasteiger partial charge in [0.2, 0.25) is 11.8 Å². The number of anilines is 1. The Morgan fingerprint density at radius 1 is 1.67 bits per heavy atom. The fourth-order valence-electron chi connectivity index (χ4n) is 0.910. The van der Waals surface area contributed by atoms with Crippen LogP contribution in [0.3, 0.4) is 0 Å². The Balaban J connectivity index is 2.86. The third-order valence-corrected chi connectivity index (χ3v) is 2.30. The standard InChI is InChI=1S/C8H15N5O2/c1-8(2,4-14)13(3)6(15)5-10-7(9)12-11-5/h14H,4H2,1-3H3,(H3,9,10,11,12). The molecule has 1 heterocycles. The molecule has 1 rings (SSSR count). The Hall–Kier alpha value is -1.63. The molecule has 0 aliphatic rings. The average molecular weight is 213 g/mol. The summed E-state index contributed by atoms with van der Waals surface area (Å²) in [4.78, 5) is 16.9. The van der Waals surface area contributed by atoms with Crippen molar-refractivity contribution in [3.05, 3.63) is 5.82 Å². The number of nitrogens with zero attached hydrogens (tertiary/aromatic N) is 3. The number of aromatic amines is 1. The summed E-state index contributed by atoms with van der Waals surface area (Å²) >= 11 is 0. The van der Waals surface area contributed by atoms with Gasteiger partial charge in [0.05, 0.1) is 12.1 Å². The minimum Gasteiger partial charge on any atom is -0.394 e. The molecule has 0 radical (unpaired) electrons. The normalized spacial score (nSPS) is 11.5. The molecule has 84 valence electrons. The number of carbonyl (C=O) groups is 1. The molecule has 0 bridgehead atoms. The smallest absolute Gasteiger partial charge is 0.291 e. The zero-order valence-corrected chi connectivity index (χ0v) is 8.98. The number of carbonyl (C=O) groups excluding carboxylic acids is 1. The highest BCUT2D eigenvalue weighted by molar-refractivity contribution is 5.91. The number of likely N-dealkylation sites (N-methyl/N-ethyl adjacent to an activating group) is 1. The van der Waals surface area contributed by atoms with E-state index in [9.17, 15) is 4.79 Å². The van der Waals surface area contributed by atoms with Gasteiger partial charge in [0, 0.05) is 7.05 Å². The van der Waals surface area contributed by atoms with Gasteiger partial charge in [0.15, 0.2) is 0 Å². The minimum atomic E-state index is -0.654. The van der Waals surface area contributed by atoms with Gasteiger partial charge >= 0.3 is 0 Å². The van der Waals surface area contributed by atoms with Gasteiger partial charge in [0.25, 0.3) is 5.91 Å². The number of aliphatic hydroxyl groups excluding tert-OH is 1. The van der Waals surface area contributed by atoms with Gasteiger partial charge in [0.1, 0.15) is 0 Å². The largest absolute Gasteiger partial charge is 0.394 e. The lowest BCUT2D eigenvalue weighted by Gasteiger charge is -2.33.